The molecular formula is C16H21N3S2. The van der Waals surface area contributed by atoms with Crippen LogP contribution in [0.1, 0.15) is 64.4 Å². The number of thiazole rings is 2. The van der Waals surface area contributed by atoms with E-state index in [2.05, 4.69) is 17.6 Å². The van der Waals surface area contributed by atoms with Crippen molar-refractivity contribution in [3.05, 3.63) is 31.7 Å². The lowest BCUT2D eigenvalue weighted by Gasteiger charge is -2.10. The molecule has 0 radical (unpaired) electrons. The Bertz CT molecular complexity index is 606. The van der Waals surface area contributed by atoms with Crippen LogP contribution in [0.2, 0.25) is 0 Å². The van der Waals surface area contributed by atoms with Gasteiger partial charge in [0.25, 0.3) is 0 Å². The van der Waals surface area contributed by atoms with Gasteiger partial charge in [-0.2, -0.15) is 0 Å². The molecule has 0 aliphatic heterocycles. The zero-order chi connectivity index (χ0) is 14.2. The van der Waals surface area contributed by atoms with E-state index in [1.165, 1.54) is 58.4 Å². The molecule has 2 aromatic rings. The molecule has 3 nitrogen and oxygen atoms in total. The van der Waals surface area contributed by atoms with E-state index in [0.717, 1.165) is 18.9 Å². The molecule has 0 spiro atoms. The van der Waals surface area contributed by atoms with Gasteiger partial charge < -0.3 is 5.32 Å². The third-order valence-electron chi connectivity index (χ3n) is 4.34. The number of hydrogen-bond acceptors (Lipinski definition) is 5. The zero-order valence-corrected chi connectivity index (χ0v) is 14.0. The number of nitrogens with one attached hydrogen (secondary N) is 1. The number of aromatic nitrogens is 2. The summed E-state index contributed by atoms with van der Waals surface area (Å²) in [4.78, 5) is 11.1. The van der Waals surface area contributed by atoms with Crippen molar-refractivity contribution in [2.24, 2.45) is 0 Å². The van der Waals surface area contributed by atoms with Crippen molar-refractivity contribution in [3.63, 3.8) is 0 Å². The van der Waals surface area contributed by atoms with E-state index < -0.39 is 0 Å². The van der Waals surface area contributed by atoms with Gasteiger partial charge in [0.15, 0.2) is 0 Å². The molecule has 4 rings (SSSR count). The Morgan fingerprint density at radius 1 is 1.33 bits per heavy atom. The molecule has 5 heteroatoms. The van der Waals surface area contributed by atoms with Crippen LogP contribution in [0.3, 0.4) is 0 Å². The molecule has 2 aliphatic carbocycles. The maximum absolute atomic E-state index is 4.79. The third kappa shape index (κ3) is 3.05. The maximum Gasteiger partial charge on any atom is 0.110 e. The number of rotatable bonds is 6. The summed E-state index contributed by atoms with van der Waals surface area (Å²) in [6.45, 7) is 3.22. The van der Waals surface area contributed by atoms with Crippen LogP contribution >= 0.6 is 22.7 Å². The quantitative estimate of drug-likeness (QED) is 0.878. The summed E-state index contributed by atoms with van der Waals surface area (Å²) in [6.07, 6.45) is 7.43. The van der Waals surface area contributed by atoms with E-state index in [1.807, 2.05) is 22.7 Å². The fourth-order valence-corrected chi connectivity index (χ4v) is 4.95. The van der Waals surface area contributed by atoms with Gasteiger partial charge in [0.1, 0.15) is 5.01 Å². The van der Waals surface area contributed by atoms with Crippen LogP contribution in [0.4, 0.5) is 0 Å². The van der Waals surface area contributed by atoms with Gasteiger partial charge in [-0.05, 0) is 39.0 Å². The molecule has 0 saturated heterocycles. The van der Waals surface area contributed by atoms with Gasteiger partial charge in [-0.15, -0.1) is 22.7 Å². The predicted molar refractivity (Wildman–Crippen MR) is 88.3 cm³/mol. The first-order chi connectivity index (χ1) is 10.3. The Balaban J connectivity index is 1.29. The summed E-state index contributed by atoms with van der Waals surface area (Å²) in [7, 11) is 0. The molecule has 2 heterocycles. The highest BCUT2D eigenvalue weighted by molar-refractivity contribution is 7.11. The molecule has 1 N–H and O–H groups in total. The van der Waals surface area contributed by atoms with E-state index >= 15 is 0 Å². The molecule has 0 unspecified atom stereocenters. The van der Waals surface area contributed by atoms with Crippen LogP contribution < -0.4 is 5.32 Å². The van der Waals surface area contributed by atoms with Gasteiger partial charge in [-0.3, -0.25) is 0 Å². The molecule has 2 aliphatic rings. The minimum Gasteiger partial charge on any atom is -0.308 e. The Hall–Kier alpha value is -0.780. The number of hydrogen-bond donors (Lipinski definition) is 1. The van der Waals surface area contributed by atoms with Crippen molar-refractivity contribution >= 4 is 22.7 Å². The van der Waals surface area contributed by atoms with Gasteiger partial charge in [0.05, 0.1) is 22.4 Å². The van der Waals surface area contributed by atoms with Crippen molar-refractivity contribution in [1.29, 1.82) is 0 Å². The van der Waals surface area contributed by atoms with Gasteiger partial charge in [0, 0.05) is 29.1 Å². The second-order valence-electron chi connectivity index (χ2n) is 6.14. The summed E-state index contributed by atoms with van der Waals surface area (Å²) >= 11 is 3.73. The van der Waals surface area contributed by atoms with Gasteiger partial charge in [-0.25, -0.2) is 9.97 Å². The summed E-state index contributed by atoms with van der Waals surface area (Å²) in [5.74, 6) is 0.777. The van der Waals surface area contributed by atoms with Crippen LogP contribution in [-0.4, -0.2) is 16.5 Å². The standard InChI is InChI=1S/C16H21N3S2/c1-10(16-19-12-3-2-4-14(12)21-16)17-8-7-15-18-13(9-20-15)11-5-6-11/h9-11,17H,2-8H2,1H3/t10-/m1/s1. The van der Waals surface area contributed by atoms with E-state index in [4.69, 9.17) is 9.97 Å². The normalized spacial score (nSPS) is 18.9. The predicted octanol–water partition coefficient (Wildman–Crippen LogP) is 3.86. The van der Waals surface area contributed by atoms with E-state index in [9.17, 15) is 0 Å². The van der Waals surface area contributed by atoms with Crippen molar-refractivity contribution in [1.82, 2.24) is 15.3 Å². The van der Waals surface area contributed by atoms with Crippen LogP contribution in [-0.2, 0) is 19.3 Å². The number of aryl methyl sites for hydroxylation is 2. The first kappa shape index (κ1) is 13.9. The molecular weight excluding hydrogens is 298 g/mol. The highest BCUT2D eigenvalue weighted by Gasteiger charge is 2.26. The SMILES string of the molecule is C[C@@H](NCCc1nc(C2CC2)cs1)c1nc2c(s1)CCC2. The summed E-state index contributed by atoms with van der Waals surface area (Å²) < 4.78 is 0. The monoisotopic (exact) mass is 319 g/mol. The Morgan fingerprint density at radius 3 is 3.05 bits per heavy atom. The summed E-state index contributed by atoms with van der Waals surface area (Å²) in [5.41, 5.74) is 2.69. The van der Waals surface area contributed by atoms with Crippen LogP contribution in [0.25, 0.3) is 0 Å². The lowest BCUT2D eigenvalue weighted by molar-refractivity contribution is 0.572. The highest BCUT2D eigenvalue weighted by Crippen LogP contribution is 2.40. The number of nitrogens with zero attached hydrogens (tertiary/aromatic N) is 2. The molecule has 21 heavy (non-hydrogen) atoms. The summed E-state index contributed by atoms with van der Waals surface area (Å²) in [5, 5.41) is 8.39. The second kappa shape index (κ2) is 5.78. The largest absolute Gasteiger partial charge is 0.308 e. The molecule has 2 aromatic heterocycles. The van der Waals surface area contributed by atoms with Crippen molar-refractivity contribution in [2.75, 3.05) is 6.54 Å². The average molecular weight is 319 g/mol. The van der Waals surface area contributed by atoms with E-state index in [1.54, 1.807) is 0 Å². The Kier molecular flexibility index (Phi) is 3.81. The minimum absolute atomic E-state index is 0.364. The lowest BCUT2D eigenvalue weighted by Crippen LogP contribution is -2.21. The Labute approximate surface area is 133 Å². The smallest absolute Gasteiger partial charge is 0.110 e. The molecule has 112 valence electrons. The topological polar surface area (TPSA) is 37.8 Å². The van der Waals surface area contributed by atoms with Crippen molar-refractivity contribution in [2.45, 2.75) is 57.4 Å². The Morgan fingerprint density at radius 2 is 2.24 bits per heavy atom. The van der Waals surface area contributed by atoms with Gasteiger partial charge in [-0.1, -0.05) is 0 Å². The minimum atomic E-state index is 0.364. The molecule has 0 amide bonds. The van der Waals surface area contributed by atoms with Gasteiger partial charge in [0.2, 0.25) is 0 Å². The van der Waals surface area contributed by atoms with Crippen LogP contribution in [0.15, 0.2) is 5.38 Å². The van der Waals surface area contributed by atoms with E-state index in [0.29, 0.717) is 6.04 Å². The third-order valence-corrected chi connectivity index (χ3v) is 6.60. The maximum atomic E-state index is 4.79. The molecule has 1 atom stereocenters. The van der Waals surface area contributed by atoms with Crippen molar-refractivity contribution < 1.29 is 0 Å². The first-order valence-electron chi connectivity index (χ1n) is 7.96. The average Bonchev–Trinajstić information content (AvgIpc) is 2.88. The lowest BCUT2D eigenvalue weighted by atomic mass is 10.3. The first-order valence-corrected chi connectivity index (χ1v) is 9.65. The van der Waals surface area contributed by atoms with Crippen LogP contribution in [0, 0.1) is 0 Å². The van der Waals surface area contributed by atoms with Gasteiger partial charge >= 0.3 is 0 Å². The molecule has 1 saturated carbocycles. The summed E-state index contributed by atoms with van der Waals surface area (Å²) in [6, 6.07) is 0.364. The fraction of sp³-hybridized carbons (Fsp3) is 0.625. The zero-order valence-electron chi connectivity index (χ0n) is 12.4. The van der Waals surface area contributed by atoms with Crippen molar-refractivity contribution in [3.8, 4) is 0 Å². The molecule has 1 fully saturated rings. The fourth-order valence-electron chi connectivity index (χ4n) is 2.89. The molecule has 0 bridgehead atoms. The number of fused-ring (bicyclic) bond motifs is 1. The van der Waals surface area contributed by atoms with Crippen LogP contribution in [0.5, 0.6) is 0 Å². The highest BCUT2D eigenvalue weighted by atomic mass is 32.1. The second-order valence-corrected chi connectivity index (χ2v) is 8.20. The van der Waals surface area contributed by atoms with E-state index in [-0.39, 0.29) is 0 Å². The molecule has 0 aromatic carbocycles.